The molecule has 5 rings (SSSR count). The van der Waals surface area contributed by atoms with Gasteiger partial charge in [0.1, 0.15) is 23.4 Å². The van der Waals surface area contributed by atoms with Crippen LogP contribution in [0.4, 0.5) is 0 Å². The fraction of sp³-hybridized carbons (Fsp3) is 0.724. The Balaban J connectivity index is 1.81. The molecular formula is C29H38O8. The maximum atomic E-state index is 14.1. The lowest BCUT2D eigenvalue weighted by Crippen LogP contribution is -2.71. The van der Waals surface area contributed by atoms with E-state index in [1.165, 1.54) is 21.1 Å². The molecule has 8 atom stereocenters. The number of Topliss-reactive ketones (excluding diaryl/α,β-unsaturated/α-hetero) is 1. The molecule has 4 aliphatic carbocycles. The van der Waals surface area contributed by atoms with Crippen LogP contribution in [0.25, 0.3) is 0 Å². The van der Waals surface area contributed by atoms with Crippen LogP contribution in [0.15, 0.2) is 23.0 Å². The highest BCUT2D eigenvalue weighted by atomic mass is 16.6. The number of rotatable bonds is 3. The van der Waals surface area contributed by atoms with Crippen molar-refractivity contribution in [2.45, 2.75) is 79.9 Å². The molecule has 5 aliphatic rings. The predicted molar refractivity (Wildman–Crippen MR) is 132 cm³/mol. The molecule has 0 amide bonds. The Bertz CT molecular complexity index is 1190. The average Bonchev–Trinajstić information content (AvgIpc) is 3.17. The predicted octanol–water partition coefficient (Wildman–Crippen LogP) is 3.92. The SMILES string of the molecule is COC(=O)[C@@]12C(OC)=C(C)C(=O)[C@]1(C)C(C)=CC1[C@]34CC[C@H](OC(C)=O)C(C)(C)C3[C@H](C[C@@]12C)OC4=O. The standard InChI is InChI=1S/C29H38O8/c1-14-12-18-26(6,29(24(33)35-9)22(34-8)15(2)21(31)27(14,29)7)13-17-20-25(4,5)19(36-16(3)30)10-11-28(18,20)23(32)37-17/h12,17-20H,10-11,13H2,1-9H3/t17-,18?,19-,20?,26-,27-,28+,29+/m0/s1. The molecule has 0 aromatic heterocycles. The number of carbonyl (C=O) groups is 4. The summed E-state index contributed by atoms with van der Waals surface area (Å²) in [5, 5.41) is 0. The van der Waals surface area contributed by atoms with Crippen LogP contribution < -0.4 is 0 Å². The van der Waals surface area contributed by atoms with Crippen LogP contribution in [0.5, 0.6) is 0 Å². The van der Waals surface area contributed by atoms with Gasteiger partial charge in [0.2, 0.25) is 0 Å². The largest absolute Gasteiger partial charge is 0.499 e. The summed E-state index contributed by atoms with van der Waals surface area (Å²) < 4.78 is 23.3. The van der Waals surface area contributed by atoms with E-state index < -0.39 is 45.1 Å². The van der Waals surface area contributed by atoms with Crippen molar-refractivity contribution in [2.24, 2.45) is 38.9 Å². The van der Waals surface area contributed by atoms with Crippen molar-refractivity contribution in [1.29, 1.82) is 0 Å². The van der Waals surface area contributed by atoms with Crippen LogP contribution in [0.1, 0.15) is 67.7 Å². The van der Waals surface area contributed by atoms with Crippen LogP contribution in [-0.4, -0.2) is 50.1 Å². The summed E-state index contributed by atoms with van der Waals surface area (Å²) in [4.78, 5) is 53.9. The number of fused-ring (bicyclic) bond motifs is 3. The molecule has 8 heteroatoms. The van der Waals surface area contributed by atoms with E-state index in [1.54, 1.807) is 6.92 Å². The molecule has 2 unspecified atom stereocenters. The van der Waals surface area contributed by atoms with E-state index >= 15 is 0 Å². The molecule has 2 saturated carbocycles. The summed E-state index contributed by atoms with van der Waals surface area (Å²) in [6.45, 7) is 12.9. The van der Waals surface area contributed by atoms with Gasteiger partial charge in [0.05, 0.1) is 25.0 Å². The molecule has 0 spiro atoms. The van der Waals surface area contributed by atoms with Crippen molar-refractivity contribution in [3.8, 4) is 0 Å². The summed E-state index contributed by atoms with van der Waals surface area (Å²) in [7, 11) is 2.82. The van der Waals surface area contributed by atoms with Gasteiger partial charge < -0.3 is 18.9 Å². The zero-order valence-electron chi connectivity index (χ0n) is 23.3. The van der Waals surface area contributed by atoms with Crippen LogP contribution in [0.3, 0.4) is 0 Å². The van der Waals surface area contributed by atoms with Gasteiger partial charge in [-0.25, -0.2) is 0 Å². The number of hydrogen-bond donors (Lipinski definition) is 0. The third kappa shape index (κ3) is 2.51. The molecule has 8 nitrogen and oxygen atoms in total. The minimum atomic E-state index is -1.46. The molecule has 2 bridgehead atoms. The number of ketones is 1. The molecule has 3 fully saturated rings. The quantitative estimate of drug-likeness (QED) is 0.317. The molecular weight excluding hydrogens is 476 g/mol. The Morgan fingerprint density at radius 3 is 2.30 bits per heavy atom. The van der Waals surface area contributed by atoms with Crippen LogP contribution >= 0.6 is 0 Å². The average molecular weight is 515 g/mol. The Labute approximate surface area is 218 Å². The first-order valence-electron chi connectivity index (χ1n) is 13.1. The summed E-state index contributed by atoms with van der Waals surface area (Å²) in [5.41, 5.74) is -3.98. The topological polar surface area (TPSA) is 105 Å². The van der Waals surface area contributed by atoms with E-state index in [2.05, 4.69) is 6.08 Å². The van der Waals surface area contributed by atoms with E-state index in [4.69, 9.17) is 18.9 Å². The highest BCUT2D eigenvalue weighted by molar-refractivity contribution is 6.11. The first-order valence-corrected chi connectivity index (χ1v) is 13.1. The maximum absolute atomic E-state index is 14.1. The van der Waals surface area contributed by atoms with E-state index in [0.717, 1.165) is 5.57 Å². The van der Waals surface area contributed by atoms with Gasteiger partial charge in [-0.15, -0.1) is 0 Å². The summed E-state index contributed by atoms with van der Waals surface area (Å²) in [6, 6.07) is 0. The van der Waals surface area contributed by atoms with E-state index in [9.17, 15) is 19.2 Å². The summed E-state index contributed by atoms with van der Waals surface area (Å²) in [5.74, 6) is -1.67. The van der Waals surface area contributed by atoms with Crippen molar-refractivity contribution in [2.75, 3.05) is 14.2 Å². The lowest BCUT2D eigenvalue weighted by atomic mass is 9.33. The Morgan fingerprint density at radius 1 is 1.08 bits per heavy atom. The zero-order chi connectivity index (χ0) is 27.5. The van der Waals surface area contributed by atoms with Crippen molar-refractivity contribution >= 4 is 23.7 Å². The van der Waals surface area contributed by atoms with Crippen LogP contribution in [0.2, 0.25) is 0 Å². The van der Waals surface area contributed by atoms with E-state index in [-0.39, 0.29) is 29.7 Å². The molecule has 0 radical (unpaired) electrons. The van der Waals surface area contributed by atoms with Crippen LogP contribution in [-0.2, 0) is 38.1 Å². The zero-order valence-corrected chi connectivity index (χ0v) is 23.3. The summed E-state index contributed by atoms with van der Waals surface area (Å²) in [6.07, 6.45) is 2.47. The number of carbonyl (C=O) groups excluding carboxylic acids is 4. The van der Waals surface area contributed by atoms with Gasteiger partial charge >= 0.3 is 17.9 Å². The monoisotopic (exact) mass is 514 g/mol. The first kappa shape index (κ1) is 26.0. The molecule has 0 aromatic carbocycles. The van der Waals surface area contributed by atoms with Crippen molar-refractivity contribution < 1.29 is 38.1 Å². The minimum absolute atomic E-state index is 0.165. The highest BCUT2D eigenvalue weighted by Gasteiger charge is 2.84. The second-order valence-electron chi connectivity index (χ2n) is 12.7. The van der Waals surface area contributed by atoms with E-state index in [0.29, 0.717) is 30.6 Å². The second-order valence-corrected chi connectivity index (χ2v) is 12.7. The molecule has 37 heavy (non-hydrogen) atoms. The normalized spacial score (nSPS) is 45.3. The number of hydrogen-bond acceptors (Lipinski definition) is 8. The molecule has 1 aliphatic heterocycles. The van der Waals surface area contributed by atoms with Gasteiger partial charge in [0.25, 0.3) is 0 Å². The lowest BCUT2D eigenvalue weighted by molar-refractivity contribution is -0.217. The Morgan fingerprint density at radius 2 is 1.73 bits per heavy atom. The number of methoxy groups -OCH3 is 2. The molecule has 1 saturated heterocycles. The number of esters is 3. The molecule has 0 N–H and O–H groups in total. The van der Waals surface area contributed by atoms with Crippen LogP contribution in [0, 0.1) is 38.9 Å². The van der Waals surface area contributed by atoms with Crippen molar-refractivity contribution in [1.82, 2.24) is 0 Å². The van der Waals surface area contributed by atoms with Gasteiger partial charge in [-0.3, -0.25) is 19.2 Å². The Kier molecular flexibility index (Phi) is 5.25. The maximum Gasteiger partial charge on any atom is 0.321 e. The van der Waals surface area contributed by atoms with Gasteiger partial charge in [-0.05, 0) is 40.0 Å². The van der Waals surface area contributed by atoms with Gasteiger partial charge in [0, 0.05) is 35.2 Å². The fourth-order valence-corrected chi connectivity index (χ4v) is 9.86. The Hall–Kier alpha value is -2.64. The fourth-order valence-electron chi connectivity index (χ4n) is 9.86. The van der Waals surface area contributed by atoms with Gasteiger partial charge in [0.15, 0.2) is 5.78 Å². The highest BCUT2D eigenvalue weighted by Crippen LogP contribution is 2.79. The van der Waals surface area contributed by atoms with Gasteiger partial charge in [-0.1, -0.05) is 32.4 Å². The molecule has 1 heterocycles. The lowest BCUT2D eigenvalue weighted by Gasteiger charge is -2.66. The van der Waals surface area contributed by atoms with Crippen molar-refractivity contribution in [3.05, 3.63) is 23.0 Å². The summed E-state index contributed by atoms with van der Waals surface area (Å²) >= 11 is 0. The van der Waals surface area contributed by atoms with Crippen molar-refractivity contribution in [3.63, 3.8) is 0 Å². The minimum Gasteiger partial charge on any atom is -0.499 e. The third-order valence-corrected chi connectivity index (χ3v) is 11.2. The third-order valence-electron chi connectivity index (χ3n) is 11.2. The van der Waals surface area contributed by atoms with Gasteiger partial charge in [-0.2, -0.15) is 0 Å². The molecule has 0 aromatic rings. The number of allylic oxidation sites excluding steroid dienone is 3. The second kappa shape index (κ2) is 7.48. The molecule has 202 valence electrons. The number of ether oxygens (including phenoxy) is 4. The van der Waals surface area contributed by atoms with E-state index in [1.807, 2.05) is 34.6 Å². The smallest absolute Gasteiger partial charge is 0.321 e. The first-order chi connectivity index (χ1) is 17.1.